The highest BCUT2D eigenvalue weighted by Crippen LogP contribution is 1.81. The van der Waals surface area contributed by atoms with Gasteiger partial charge in [-0.2, -0.15) is 0 Å². The fraction of sp³-hybridized carbons (Fsp3) is 0.857. The largest absolute Gasteiger partial charge is 0.338 e. The molecular formula is C7H17N3O. The molecule has 0 fully saturated rings. The first-order chi connectivity index (χ1) is 5.31. The molecule has 0 aromatic heterocycles. The standard InChI is InChI=1S/C7H17N3O/c1-2-3-5-9-7(11)10-6-4-8/h2-6,8H2,1H3,(H2,9,10,11). The Hall–Kier alpha value is -0.770. The molecule has 0 radical (unpaired) electrons. The van der Waals surface area contributed by atoms with Crippen LogP contribution < -0.4 is 16.4 Å². The van der Waals surface area contributed by atoms with Gasteiger partial charge in [0.05, 0.1) is 0 Å². The Morgan fingerprint density at radius 3 is 2.55 bits per heavy atom. The molecule has 0 aliphatic carbocycles. The van der Waals surface area contributed by atoms with Gasteiger partial charge in [0.1, 0.15) is 0 Å². The van der Waals surface area contributed by atoms with E-state index in [4.69, 9.17) is 5.73 Å². The molecule has 0 aromatic carbocycles. The van der Waals surface area contributed by atoms with Gasteiger partial charge in [0.15, 0.2) is 0 Å². The van der Waals surface area contributed by atoms with Crippen LogP contribution in [0.4, 0.5) is 4.79 Å². The van der Waals surface area contributed by atoms with Gasteiger partial charge >= 0.3 is 6.03 Å². The van der Waals surface area contributed by atoms with Gasteiger partial charge in [0.2, 0.25) is 0 Å². The van der Waals surface area contributed by atoms with E-state index in [0.717, 1.165) is 19.4 Å². The second-order valence-corrected chi connectivity index (χ2v) is 2.32. The van der Waals surface area contributed by atoms with Crippen LogP contribution in [0.25, 0.3) is 0 Å². The number of unbranched alkanes of at least 4 members (excludes halogenated alkanes) is 1. The van der Waals surface area contributed by atoms with E-state index in [0.29, 0.717) is 13.1 Å². The van der Waals surface area contributed by atoms with Crippen molar-refractivity contribution in [3.8, 4) is 0 Å². The highest BCUT2D eigenvalue weighted by Gasteiger charge is 1.94. The molecule has 0 unspecified atom stereocenters. The van der Waals surface area contributed by atoms with Gasteiger partial charge in [-0.25, -0.2) is 4.79 Å². The van der Waals surface area contributed by atoms with Crippen LogP contribution in [0, 0.1) is 0 Å². The van der Waals surface area contributed by atoms with E-state index >= 15 is 0 Å². The minimum atomic E-state index is -0.121. The van der Waals surface area contributed by atoms with Crippen molar-refractivity contribution in [2.75, 3.05) is 19.6 Å². The maximum atomic E-state index is 10.8. The second kappa shape index (κ2) is 7.34. The zero-order valence-corrected chi connectivity index (χ0v) is 7.02. The zero-order valence-electron chi connectivity index (χ0n) is 7.02. The van der Waals surface area contributed by atoms with Crippen molar-refractivity contribution in [2.24, 2.45) is 5.73 Å². The highest BCUT2D eigenvalue weighted by atomic mass is 16.2. The highest BCUT2D eigenvalue weighted by molar-refractivity contribution is 5.73. The molecular weight excluding hydrogens is 142 g/mol. The third-order valence-electron chi connectivity index (χ3n) is 1.25. The predicted molar refractivity (Wildman–Crippen MR) is 45.4 cm³/mol. The summed E-state index contributed by atoms with van der Waals surface area (Å²) < 4.78 is 0. The molecule has 66 valence electrons. The van der Waals surface area contributed by atoms with Crippen LogP contribution in [0.15, 0.2) is 0 Å². The van der Waals surface area contributed by atoms with Gasteiger partial charge in [-0.1, -0.05) is 13.3 Å². The van der Waals surface area contributed by atoms with Gasteiger partial charge in [0, 0.05) is 19.6 Å². The normalized spacial score (nSPS) is 9.27. The monoisotopic (exact) mass is 159 g/mol. The van der Waals surface area contributed by atoms with Crippen LogP contribution >= 0.6 is 0 Å². The maximum absolute atomic E-state index is 10.8. The lowest BCUT2D eigenvalue weighted by molar-refractivity contribution is 0.241. The van der Waals surface area contributed by atoms with Crippen LogP contribution in [0.5, 0.6) is 0 Å². The second-order valence-electron chi connectivity index (χ2n) is 2.32. The minimum Gasteiger partial charge on any atom is -0.338 e. The van der Waals surface area contributed by atoms with Crippen LogP contribution in [-0.4, -0.2) is 25.7 Å². The van der Waals surface area contributed by atoms with Crippen molar-refractivity contribution in [1.29, 1.82) is 0 Å². The Kier molecular flexibility index (Phi) is 6.82. The Labute approximate surface area is 67.5 Å². The average molecular weight is 159 g/mol. The molecule has 0 spiro atoms. The summed E-state index contributed by atoms with van der Waals surface area (Å²) in [7, 11) is 0. The van der Waals surface area contributed by atoms with Crippen LogP contribution in [-0.2, 0) is 0 Å². The Bertz CT molecular complexity index is 106. The summed E-state index contributed by atoms with van der Waals surface area (Å²) >= 11 is 0. The lowest BCUT2D eigenvalue weighted by atomic mass is 10.3. The van der Waals surface area contributed by atoms with Crippen molar-refractivity contribution in [3.05, 3.63) is 0 Å². The maximum Gasteiger partial charge on any atom is 0.314 e. The van der Waals surface area contributed by atoms with Crippen LogP contribution in [0.3, 0.4) is 0 Å². The van der Waals surface area contributed by atoms with Crippen molar-refractivity contribution in [1.82, 2.24) is 10.6 Å². The molecule has 0 saturated heterocycles. The lowest BCUT2D eigenvalue weighted by Gasteiger charge is -2.04. The molecule has 0 aromatic rings. The number of rotatable bonds is 5. The molecule has 0 saturated carbocycles. The van der Waals surface area contributed by atoms with Crippen molar-refractivity contribution >= 4 is 6.03 Å². The molecule has 2 amide bonds. The number of amides is 2. The quantitative estimate of drug-likeness (QED) is 0.496. The number of hydrogen-bond donors (Lipinski definition) is 3. The summed E-state index contributed by atoms with van der Waals surface area (Å²) in [5.41, 5.74) is 5.19. The summed E-state index contributed by atoms with van der Waals surface area (Å²) in [6, 6.07) is -0.121. The summed E-state index contributed by atoms with van der Waals surface area (Å²) in [5, 5.41) is 5.33. The summed E-state index contributed by atoms with van der Waals surface area (Å²) in [5.74, 6) is 0. The van der Waals surface area contributed by atoms with Crippen molar-refractivity contribution in [3.63, 3.8) is 0 Å². The fourth-order valence-corrected chi connectivity index (χ4v) is 0.627. The first-order valence-electron chi connectivity index (χ1n) is 4.03. The molecule has 0 atom stereocenters. The molecule has 11 heavy (non-hydrogen) atoms. The minimum absolute atomic E-state index is 0.121. The summed E-state index contributed by atoms with van der Waals surface area (Å²) in [6.45, 7) is 3.85. The molecule has 0 aliphatic heterocycles. The predicted octanol–water partition coefficient (Wildman–Crippen LogP) is 0.0444. The number of nitrogens with one attached hydrogen (secondary N) is 2. The van der Waals surface area contributed by atoms with E-state index in [1.807, 2.05) is 0 Å². The first kappa shape index (κ1) is 10.2. The third-order valence-corrected chi connectivity index (χ3v) is 1.25. The van der Waals surface area contributed by atoms with E-state index in [1.54, 1.807) is 0 Å². The molecule has 0 heterocycles. The Morgan fingerprint density at radius 2 is 2.00 bits per heavy atom. The number of carbonyl (C=O) groups is 1. The van der Waals surface area contributed by atoms with Crippen molar-refractivity contribution < 1.29 is 4.79 Å². The zero-order chi connectivity index (χ0) is 8.53. The van der Waals surface area contributed by atoms with Crippen LogP contribution in [0.2, 0.25) is 0 Å². The van der Waals surface area contributed by atoms with E-state index in [1.165, 1.54) is 0 Å². The van der Waals surface area contributed by atoms with E-state index in [-0.39, 0.29) is 6.03 Å². The number of urea groups is 1. The van der Waals surface area contributed by atoms with Gasteiger partial charge in [0.25, 0.3) is 0 Å². The van der Waals surface area contributed by atoms with Crippen molar-refractivity contribution in [2.45, 2.75) is 19.8 Å². The SMILES string of the molecule is CCCCNC(=O)NCCN. The molecule has 0 bridgehead atoms. The van der Waals surface area contributed by atoms with Gasteiger partial charge < -0.3 is 16.4 Å². The third kappa shape index (κ3) is 7.12. The average Bonchev–Trinajstić information content (AvgIpc) is 2.01. The molecule has 4 heteroatoms. The van der Waals surface area contributed by atoms with E-state index in [9.17, 15) is 4.79 Å². The summed E-state index contributed by atoms with van der Waals surface area (Å²) in [4.78, 5) is 10.8. The molecule has 4 nitrogen and oxygen atoms in total. The van der Waals surface area contributed by atoms with Gasteiger partial charge in [-0.15, -0.1) is 0 Å². The first-order valence-corrected chi connectivity index (χ1v) is 4.03. The van der Waals surface area contributed by atoms with E-state index < -0.39 is 0 Å². The number of nitrogens with two attached hydrogens (primary N) is 1. The van der Waals surface area contributed by atoms with Gasteiger partial charge in [-0.3, -0.25) is 0 Å². The topological polar surface area (TPSA) is 67.2 Å². The number of carbonyl (C=O) groups excluding carboxylic acids is 1. The Morgan fingerprint density at radius 1 is 1.36 bits per heavy atom. The van der Waals surface area contributed by atoms with Gasteiger partial charge in [-0.05, 0) is 6.42 Å². The lowest BCUT2D eigenvalue weighted by Crippen LogP contribution is -2.38. The molecule has 4 N–H and O–H groups in total. The smallest absolute Gasteiger partial charge is 0.314 e. The number of hydrogen-bond acceptors (Lipinski definition) is 2. The van der Waals surface area contributed by atoms with Crippen LogP contribution in [0.1, 0.15) is 19.8 Å². The molecule has 0 aliphatic rings. The summed E-state index contributed by atoms with van der Waals surface area (Å²) in [6.07, 6.45) is 2.12. The molecule has 0 rings (SSSR count). The fourth-order valence-electron chi connectivity index (χ4n) is 0.627. The Balaban J connectivity index is 3.09. The van der Waals surface area contributed by atoms with E-state index in [2.05, 4.69) is 17.6 Å².